The summed E-state index contributed by atoms with van der Waals surface area (Å²) in [5, 5.41) is 3.49. The molecule has 0 aliphatic heterocycles. The molecule has 18 heavy (non-hydrogen) atoms. The van der Waals surface area contributed by atoms with E-state index in [9.17, 15) is 4.79 Å². The Morgan fingerprint density at radius 1 is 1.44 bits per heavy atom. The molecule has 2 unspecified atom stereocenters. The first-order valence-electron chi connectivity index (χ1n) is 6.17. The average Bonchev–Trinajstić information content (AvgIpc) is 2.33. The monoisotopic (exact) mass is 269 g/mol. The van der Waals surface area contributed by atoms with Crippen LogP contribution in [-0.2, 0) is 4.79 Å². The van der Waals surface area contributed by atoms with Crippen molar-refractivity contribution in [3.05, 3.63) is 28.8 Å². The van der Waals surface area contributed by atoms with Crippen LogP contribution >= 0.6 is 11.6 Å². The summed E-state index contributed by atoms with van der Waals surface area (Å²) >= 11 is 5.91. The minimum atomic E-state index is -0.531. The molecule has 1 N–H and O–H groups in total. The molecule has 1 aromatic carbocycles. The van der Waals surface area contributed by atoms with Crippen molar-refractivity contribution in [3.8, 4) is 5.75 Å². The topological polar surface area (TPSA) is 38.3 Å². The molecule has 1 amide bonds. The van der Waals surface area contributed by atoms with Crippen molar-refractivity contribution < 1.29 is 9.53 Å². The number of ether oxygens (including phenoxy) is 1. The fourth-order valence-electron chi connectivity index (χ4n) is 1.41. The van der Waals surface area contributed by atoms with E-state index in [2.05, 4.69) is 5.32 Å². The SMILES string of the molecule is CCC(C)NC(=O)C(C)Oc1cc(Cl)ccc1C. The van der Waals surface area contributed by atoms with Gasteiger partial charge in [-0.2, -0.15) is 0 Å². The third kappa shape index (κ3) is 4.22. The zero-order chi connectivity index (χ0) is 13.7. The zero-order valence-corrected chi connectivity index (χ0v) is 12.0. The lowest BCUT2D eigenvalue weighted by Gasteiger charge is -2.18. The van der Waals surface area contributed by atoms with Crippen LogP contribution in [0.3, 0.4) is 0 Å². The maximum atomic E-state index is 11.8. The predicted octanol–water partition coefficient (Wildman–Crippen LogP) is 3.33. The van der Waals surface area contributed by atoms with Crippen LogP contribution < -0.4 is 10.1 Å². The Balaban J connectivity index is 2.66. The highest BCUT2D eigenvalue weighted by Crippen LogP contribution is 2.23. The Labute approximate surface area is 113 Å². The predicted molar refractivity (Wildman–Crippen MR) is 74.2 cm³/mol. The minimum absolute atomic E-state index is 0.108. The molecular weight excluding hydrogens is 250 g/mol. The van der Waals surface area contributed by atoms with Gasteiger partial charge >= 0.3 is 0 Å². The van der Waals surface area contributed by atoms with E-state index in [-0.39, 0.29) is 11.9 Å². The van der Waals surface area contributed by atoms with Gasteiger partial charge in [0.1, 0.15) is 5.75 Å². The Bertz CT molecular complexity index is 420. The molecule has 0 saturated heterocycles. The van der Waals surface area contributed by atoms with Gasteiger partial charge in [-0.1, -0.05) is 24.6 Å². The van der Waals surface area contributed by atoms with E-state index in [0.29, 0.717) is 10.8 Å². The standard InChI is InChI=1S/C14H20ClNO2/c1-5-10(3)16-14(17)11(4)18-13-8-12(15)7-6-9(13)2/h6-8,10-11H,5H2,1-4H3,(H,16,17). The van der Waals surface area contributed by atoms with Crippen molar-refractivity contribution in [3.63, 3.8) is 0 Å². The number of hydrogen-bond acceptors (Lipinski definition) is 2. The minimum Gasteiger partial charge on any atom is -0.481 e. The van der Waals surface area contributed by atoms with E-state index < -0.39 is 6.10 Å². The fraction of sp³-hybridized carbons (Fsp3) is 0.500. The van der Waals surface area contributed by atoms with Gasteiger partial charge in [-0.05, 0) is 44.9 Å². The highest BCUT2D eigenvalue weighted by atomic mass is 35.5. The Kier molecular flexibility index (Phi) is 5.48. The lowest BCUT2D eigenvalue weighted by molar-refractivity contribution is -0.127. The van der Waals surface area contributed by atoms with Crippen molar-refractivity contribution in [1.29, 1.82) is 0 Å². The summed E-state index contributed by atoms with van der Waals surface area (Å²) in [5.41, 5.74) is 0.961. The van der Waals surface area contributed by atoms with Gasteiger partial charge in [-0.3, -0.25) is 4.79 Å². The molecule has 0 aliphatic carbocycles. The van der Waals surface area contributed by atoms with Crippen molar-refractivity contribution >= 4 is 17.5 Å². The normalized spacial score (nSPS) is 13.8. The van der Waals surface area contributed by atoms with Gasteiger partial charge in [0.05, 0.1) is 0 Å². The number of hydrogen-bond donors (Lipinski definition) is 1. The third-order valence-corrected chi connectivity index (χ3v) is 3.06. The summed E-state index contributed by atoms with van der Waals surface area (Å²) in [7, 11) is 0. The van der Waals surface area contributed by atoms with E-state index in [0.717, 1.165) is 12.0 Å². The molecule has 0 radical (unpaired) electrons. The smallest absolute Gasteiger partial charge is 0.260 e. The number of amides is 1. The molecule has 0 aromatic heterocycles. The first-order valence-corrected chi connectivity index (χ1v) is 6.55. The van der Waals surface area contributed by atoms with E-state index in [1.165, 1.54) is 0 Å². The number of carbonyl (C=O) groups excluding carboxylic acids is 1. The summed E-state index contributed by atoms with van der Waals surface area (Å²) in [6, 6.07) is 5.55. The van der Waals surface area contributed by atoms with Crippen molar-refractivity contribution in [2.75, 3.05) is 0 Å². The van der Waals surface area contributed by atoms with E-state index in [1.807, 2.05) is 26.8 Å². The fourth-order valence-corrected chi connectivity index (χ4v) is 1.57. The van der Waals surface area contributed by atoms with Gasteiger partial charge < -0.3 is 10.1 Å². The van der Waals surface area contributed by atoms with E-state index >= 15 is 0 Å². The number of halogens is 1. The molecule has 100 valence electrons. The van der Waals surface area contributed by atoms with Crippen LogP contribution in [0.2, 0.25) is 5.02 Å². The molecule has 0 heterocycles. The van der Waals surface area contributed by atoms with Gasteiger partial charge in [-0.25, -0.2) is 0 Å². The molecule has 3 nitrogen and oxygen atoms in total. The molecule has 0 aliphatic rings. The van der Waals surface area contributed by atoms with Gasteiger partial charge in [0.2, 0.25) is 0 Å². The van der Waals surface area contributed by atoms with Crippen LogP contribution in [0.25, 0.3) is 0 Å². The van der Waals surface area contributed by atoms with Crippen molar-refractivity contribution in [2.24, 2.45) is 0 Å². The Hall–Kier alpha value is -1.22. The largest absolute Gasteiger partial charge is 0.481 e. The summed E-state index contributed by atoms with van der Waals surface area (Å²) < 4.78 is 5.64. The van der Waals surface area contributed by atoms with Gasteiger partial charge in [0, 0.05) is 11.1 Å². The number of carbonyl (C=O) groups is 1. The average molecular weight is 270 g/mol. The zero-order valence-electron chi connectivity index (χ0n) is 11.3. The molecular formula is C14H20ClNO2. The van der Waals surface area contributed by atoms with Crippen molar-refractivity contribution in [2.45, 2.75) is 46.3 Å². The number of rotatable bonds is 5. The number of nitrogens with one attached hydrogen (secondary N) is 1. The summed E-state index contributed by atoms with van der Waals surface area (Å²) in [5.74, 6) is 0.540. The van der Waals surface area contributed by atoms with E-state index in [4.69, 9.17) is 16.3 Å². The second-order valence-electron chi connectivity index (χ2n) is 4.49. The second kappa shape index (κ2) is 6.64. The number of aryl methyl sites for hydroxylation is 1. The third-order valence-electron chi connectivity index (χ3n) is 2.82. The molecule has 0 bridgehead atoms. The first kappa shape index (κ1) is 14.8. The summed E-state index contributed by atoms with van der Waals surface area (Å²) in [4.78, 5) is 11.8. The lowest BCUT2D eigenvalue weighted by Crippen LogP contribution is -2.41. The van der Waals surface area contributed by atoms with Crippen LogP contribution in [0.15, 0.2) is 18.2 Å². The molecule has 2 atom stereocenters. The van der Waals surface area contributed by atoms with Crippen LogP contribution in [-0.4, -0.2) is 18.1 Å². The molecule has 0 saturated carbocycles. The number of benzene rings is 1. The van der Waals surface area contributed by atoms with E-state index in [1.54, 1.807) is 19.1 Å². The van der Waals surface area contributed by atoms with Gasteiger partial charge in [0.15, 0.2) is 6.10 Å². The molecule has 0 spiro atoms. The van der Waals surface area contributed by atoms with Crippen molar-refractivity contribution in [1.82, 2.24) is 5.32 Å². The maximum absolute atomic E-state index is 11.8. The Morgan fingerprint density at radius 3 is 2.72 bits per heavy atom. The van der Waals surface area contributed by atoms with Crippen LogP contribution in [0.1, 0.15) is 32.8 Å². The lowest BCUT2D eigenvalue weighted by atomic mass is 10.2. The quantitative estimate of drug-likeness (QED) is 0.890. The summed E-state index contributed by atoms with van der Waals surface area (Å²) in [6.45, 7) is 7.65. The molecule has 1 rings (SSSR count). The molecule has 0 fully saturated rings. The highest BCUT2D eigenvalue weighted by molar-refractivity contribution is 6.30. The highest BCUT2D eigenvalue weighted by Gasteiger charge is 2.17. The van der Waals surface area contributed by atoms with Crippen LogP contribution in [0.5, 0.6) is 5.75 Å². The Morgan fingerprint density at radius 2 is 2.11 bits per heavy atom. The van der Waals surface area contributed by atoms with Gasteiger partial charge in [-0.15, -0.1) is 0 Å². The summed E-state index contributed by atoms with van der Waals surface area (Å²) in [6.07, 6.45) is 0.366. The first-order chi connectivity index (χ1) is 8.43. The maximum Gasteiger partial charge on any atom is 0.260 e. The molecule has 4 heteroatoms. The second-order valence-corrected chi connectivity index (χ2v) is 4.92. The van der Waals surface area contributed by atoms with Crippen LogP contribution in [0.4, 0.5) is 0 Å². The van der Waals surface area contributed by atoms with Gasteiger partial charge in [0.25, 0.3) is 5.91 Å². The van der Waals surface area contributed by atoms with Crippen LogP contribution in [0, 0.1) is 6.92 Å². The molecule has 1 aromatic rings.